The second kappa shape index (κ2) is 5.58. The van der Waals surface area contributed by atoms with Crippen molar-refractivity contribution in [3.63, 3.8) is 0 Å². The molecule has 0 aromatic carbocycles. The molecular formula is C17H31NO2. The number of fused-ring (bicyclic) bond motifs is 1. The van der Waals surface area contributed by atoms with E-state index in [0.29, 0.717) is 23.6 Å². The molecule has 2 saturated carbocycles. The molecule has 20 heavy (non-hydrogen) atoms. The number of nitrogens with zero attached hydrogens (tertiary/aromatic N) is 1. The van der Waals surface area contributed by atoms with Crippen molar-refractivity contribution >= 4 is 0 Å². The molecule has 0 spiro atoms. The highest BCUT2D eigenvalue weighted by Gasteiger charge is 2.44. The number of morpholine rings is 1. The molecule has 0 aromatic rings. The van der Waals surface area contributed by atoms with Gasteiger partial charge in [0, 0.05) is 18.6 Å². The Hall–Kier alpha value is -0.120. The van der Waals surface area contributed by atoms with E-state index in [0.717, 1.165) is 31.9 Å². The summed E-state index contributed by atoms with van der Waals surface area (Å²) in [5.74, 6) is 0.735. The molecule has 3 fully saturated rings. The van der Waals surface area contributed by atoms with Crippen molar-refractivity contribution in [3.8, 4) is 0 Å². The summed E-state index contributed by atoms with van der Waals surface area (Å²) in [5, 5.41) is 10.5. The maximum absolute atomic E-state index is 10.5. The lowest BCUT2D eigenvalue weighted by atomic mass is 9.69. The van der Waals surface area contributed by atoms with Crippen LogP contribution >= 0.6 is 0 Å². The largest absolute Gasteiger partial charge is 0.391 e. The Morgan fingerprint density at radius 1 is 1.05 bits per heavy atom. The first-order chi connectivity index (χ1) is 9.47. The molecule has 3 heteroatoms. The van der Waals surface area contributed by atoms with E-state index in [-0.39, 0.29) is 6.10 Å². The average Bonchev–Trinajstić information content (AvgIpc) is 2.86. The maximum atomic E-state index is 10.5. The molecule has 1 N–H and O–H groups in total. The summed E-state index contributed by atoms with van der Waals surface area (Å²) in [6, 6.07) is 0.935. The van der Waals surface area contributed by atoms with E-state index in [2.05, 4.69) is 25.7 Å². The highest BCUT2D eigenvalue weighted by molar-refractivity contribution is 4.97. The normalized spacial score (nSPS) is 43.5. The van der Waals surface area contributed by atoms with Crippen molar-refractivity contribution in [1.29, 1.82) is 0 Å². The summed E-state index contributed by atoms with van der Waals surface area (Å²) in [5.41, 5.74) is 0.361. The number of hydrogen-bond donors (Lipinski definition) is 1. The molecule has 5 unspecified atom stereocenters. The molecule has 5 atom stereocenters. The lowest BCUT2D eigenvalue weighted by Crippen LogP contribution is -2.58. The van der Waals surface area contributed by atoms with Crippen LogP contribution in [0.2, 0.25) is 0 Å². The molecule has 116 valence electrons. The zero-order chi connectivity index (χ0) is 14.3. The van der Waals surface area contributed by atoms with Gasteiger partial charge in [0.15, 0.2) is 0 Å². The van der Waals surface area contributed by atoms with Gasteiger partial charge in [0.1, 0.15) is 0 Å². The van der Waals surface area contributed by atoms with Crippen molar-refractivity contribution < 1.29 is 9.84 Å². The van der Waals surface area contributed by atoms with Gasteiger partial charge in [-0.15, -0.1) is 0 Å². The Kier molecular flexibility index (Phi) is 4.13. The number of aliphatic hydroxyl groups is 1. The van der Waals surface area contributed by atoms with Gasteiger partial charge in [-0.2, -0.15) is 0 Å². The van der Waals surface area contributed by atoms with E-state index in [4.69, 9.17) is 4.74 Å². The lowest BCUT2D eigenvalue weighted by Gasteiger charge is -2.49. The van der Waals surface area contributed by atoms with Gasteiger partial charge in [-0.1, -0.05) is 20.8 Å². The van der Waals surface area contributed by atoms with Gasteiger partial charge >= 0.3 is 0 Å². The minimum Gasteiger partial charge on any atom is -0.391 e. The Bertz CT molecular complexity index is 338. The van der Waals surface area contributed by atoms with Gasteiger partial charge in [-0.05, 0) is 49.9 Å². The first-order valence-electron chi connectivity index (χ1n) is 8.52. The number of hydrogen-bond acceptors (Lipinski definition) is 3. The number of ether oxygens (including phenoxy) is 1. The third-order valence-electron chi connectivity index (χ3n) is 5.96. The molecule has 0 aromatic heterocycles. The predicted molar refractivity (Wildman–Crippen MR) is 80.7 cm³/mol. The van der Waals surface area contributed by atoms with Crippen molar-refractivity contribution in [2.24, 2.45) is 11.3 Å². The van der Waals surface area contributed by atoms with Crippen LogP contribution in [0.1, 0.15) is 59.3 Å². The number of aliphatic hydroxyl groups excluding tert-OH is 1. The Labute approximate surface area is 123 Å². The minimum atomic E-state index is -0.132. The third-order valence-corrected chi connectivity index (χ3v) is 5.96. The van der Waals surface area contributed by atoms with Crippen molar-refractivity contribution in [2.75, 3.05) is 13.2 Å². The van der Waals surface area contributed by atoms with Gasteiger partial charge in [0.2, 0.25) is 0 Å². The predicted octanol–water partition coefficient (Wildman–Crippen LogP) is 2.82. The topological polar surface area (TPSA) is 32.7 Å². The molecule has 0 radical (unpaired) electrons. The monoisotopic (exact) mass is 281 g/mol. The fourth-order valence-corrected chi connectivity index (χ4v) is 4.64. The van der Waals surface area contributed by atoms with Gasteiger partial charge in [-0.3, -0.25) is 4.90 Å². The van der Waals surface area contributed by atoms with E-state index < -0.39 is 0 Å². The van der Waals surface area contributed by atoms with Crippen LogP contribution in [0.25, 0.3) is 0 Å². The van der Waals surface area contributed by atoms with Crippen LogP contribution < -0.4 is 0 Å². The van der Waals surface area contributed by atoms with E-state index >= 15 is 0 Å². The summed E-state index contributed by atoms with van der Waals surface area (Å²) >= 11 is 0. The molecule has 0 bridgehead atoms. The van der Waals surface area contributed by atoms with Crippen LogP contribution in [0.4, 0.5) is 0 Å². The zero-order valence-electron chi connectivity index (χ0n) is 13.3. The smallest absolute Gasteiger partial charge is 0.0731 e. The van der Waals surface area contributed by atoms with Gasteiger partial charge in [0.05, 0.1) is 18.8 Å². The Morgan fingerprint density at radius 2 is 1.85 bits per heavy atom. The summed E-state index contributed by atoms with van der Waals surface area (Å²) in [7, 11) is 0. The van der Waals surface area contributed by atoms with Gasteiger partial charge in [-0.25, -0.2) is 0 Å². The fourth-order valence-electron chi connectivity index (χ4n) is 4.64. The molecule has 3 rings (SSSR count). The van der Waals surface area contributed by atoms with Crippen LogP contribution in [0, 0.1) is 11.3 Å². The molecule has 1 aliphatic heterocycles. The molecule has 2 aliphatic carbocycles. The summed E-state index contributed by atoms with van der Waals surface area (Å²) in [6.07, 6.45) is 7.38. The van der Waals surface area contributed by atoms with Crippen LogP contribution in [0.3, 0.4) is 0 Å². The molecule has 1 saturated heterocycles. The van der Waals surface area contributed by atoms with Crippen molar-refractivity contribution in [1.82, 2.24) is 4.90 Å². The quantitative estimate of drug-likeness (QED) is 0.802. The highest BCUT2D eigenvalue weighted by atomic mass is 16.5. The van der Waals surface area contributed by atoms with Crippen LogP contribution in [0.15, 0.2) is 0 Å². The molecular weight excluding hydrogens is 250 g/mol. The standard InChI is InChI=1S/C17H31NO2/c1-17(2,3)12-7-8-15(19)14(11-12)18-9-10-20-16-6-4-5-13(16)18/h12-16,19H,4-11H2,1-3H3. The van der Waals surface area contributed by atoms with E-state index in [1.807, 2.05) is 0 Å². The van der Waals surface area contributed by atoms with E-state index in [9.17, 15) is 5.11 Å². The SMILES string of the molecule is CC(C)(C)C1CCC(O)C(N2CCOC3CCCC32)C1. The molecule has 0 amide bonds. The maximum Gasteiger partial charge on any atom is 0.0731 e. The average molecular weight is 281 g/mol. The molecule has 1 heterocycles. The second-order valence-electron chi connectivity index (χ2n) is 8.16. The Balaban J connectivity index is 1.73. The van der Waals surface area contributed by atoms with Crippen LogP contribution in [0.5, 0.6) is 0 Å². The van der Waals surface area contributed by atoms with Crippen molar-refractivity contribution in [3.05, 3.63) is 0 Å². The first kappa shape index (κ1) is 14.8. The molecule has 3 nitrogen and oxygen atoms in total. The van der Waals surface area contributed by atoms with Crippen molar-refractivity contribution in [2.45, 2.75) is 83.6 Å². The Morgan fingerprint density at radius 3 is 2.60 bits per heavy atom. The lowest BCUT2D eigenvalue weighted by molar-refractivity contribution is -0.109. The van der Waals surface area contributed by atoms with Gasteiger partial charge < -0.3 is 9.84 Å². The van der Waals surface area contributed by atoms with Gasteiger partial charge in [0.25, 0.3) is 0 Å². The van der Waals surface area contributed by atoms with E-state index in [1.165, 1.54) is 25.7 Å². The summed E-state index contributed by atoms with van der Waals surface area (Å²) < 4.78 is 5.93. The number of rotatable bonds is 1. The van der Waals surface area contributed by atoms with E-state index in [1.54, 1.807) is 0 Å². The third kappa shape index (κ3) is 2.77. The highest BCUT2D eigenvalue weighted by Crippen LogP contribution is 2.41. The summed E-state index contributed by atoms with van der Waals surface area (Å²) in [6.45, 7) is 8.92. The zero-order valence-corrected chi connectivity index (χ0v) is 13.3. The van der Waals surface area contributed by atoms with Crippen LogP contribution in [-0.4, -0.2) is 47.4 Å². The van der Waals surface area contributed by atoms with Crippen LogP contribution in [-0.2, 0) is 4.74 Å². The molecule has 3 aliphatic rings. The fraction of sp³-hybridized carbons (Fsp3) is 1.00. The second-order valence-corrected chi connectivity index (χ2v) is 8.16. The summed E-state index contributed by atoms with van der Waals surface area (Å²) in [4.78, 5) is 2.61. The first-order valence-corrected chi connectivity index (χ1v) is 8.52. The minimum absolute atomic E-state index is 0.132.